The Labute approximate surface area is 111 Å². The Morgan fingerprint density at radius 2 is 2.06 bits per heavy atom. The zero-order chi connectivity index (χ0) is 12.4. The number of hydrogen-bond acceptors (Lipinski definition) is 4. The number of rotatable bonds is 3. The van der Waals surface area contributed by atoms with Crippen molar-refractivity contribution in [1.29, 1.82) is 0 Å². The quantitative estimate of drug-likeness (QED) is 0.891. The molecule has 94 valence electrons. The number of benzene rings is 1. The van der Waals surface area contributed by atoms with Gasteiger partial charge in [0.2, 0.25) is 0 Å². The van der Waals surface area contributed by atoms with Gasteiger partial charge < -0.3 is 10.6 Å². The van der Waals surface area contributed by atoms with E-state index in [-0.39, 0.29) is 0 Å². The Hall–Kier alpha value is -1.39. The lowest BCUT2D eigenvalue weighted by molar-refractivity contribution is 0.614. The van der Waals surface area contributed by atoms with Crippen LogP contribution in [0.4, 0.5) is 5.82 Å². The zero-order valence-electron chi connectivity index (χ0n) is 9.99. The second kappa shape index (κ2) is 5.08. The van der Waals surface area contributed by atoms with Gasteiger partial charge in [-0.15, -0.1) is 0 Å². The third-order valence-electron chi connectivity index (χ3n) is 3.25. The molecular weight excluding hydrogens is 248 g/mol. The van der Waals surface area contributed by atoms with Crippen molar-refractivity contribution in [2.75, 3.05) is 25.0 Å². The average Bonchev–Trinajstić information content (AvgIpc) is 2.89. The summed E-state index contributed by atoms with van der Waals surface area (Å²) in [5.74, 6) is 1.33. The molecular formula is C13H15ClN4. The maximum atomic E-state index is 6.14. The van der Waals surface area contributed by atoms with Crippen LogP contribution < -0.4 is 10.6 Å². The molecule has 1 aliphatic heterocycles. The van der Waals surface area contributed by atoms with E-state index in [1.165, 1.54) is 6.42 Å². The van der Waals surface area contributed by atoms with Crippen molar-refractivity contribution in [1.82, 2.24) is 15.3 Å². The minimum Gasteiger partial charge on any atom is -0.367 e. The topological polar surface area (TPSA) is 49.8 Å². The van der Waals surface area contributed by atoms with Gasteiger partial charge in [0.05, 0.1) is 11.0 Å². The van der Waals surface area contributed by atoms with Gasteiger partial charge in [0.25, 0.3) is 0 Å². The number of halogens is 1. The van der Waals surface area contributed by atoms with E-state index in [9.17, 15) is 0 Å². The monoisotopic (exact) mass is 262 g/mol. The smallest absolute Gasteiger partial charge is 0.172 e. The fourth-order valence-electron chi connectivity index (χ4n) is 2.22. The maximum Gasteiger partial charge on any atom is 0.172 e. The summed E-state index contributed by atoms with van der Waals surface area (Å²) in [6.07, 6.45) is 1.20. The molecule has 1 aromatic carbocycles. The Morgan fingerprint density at radius 1 is 1.28 bits per heavy atom. The fourth-order valence-corrected chi connectivity index (χ4v) is 2.42. The predicted octanol–water partition coefficient (Wildman–Crippen LogP) is 2.30. The number of fused-ring (bicyclic) bond motifs is 1. The van der Waals surface area contributed by atoms with Crippen molar-refractivity contribution in [3.05, 3.63) is 29.4 Å². The third-order valence-corrected chi connectivity index (χ3v) is 3.51. The van der Waals surface area contributed by atoms with Crippen LogP contribution in [0.15, 0.2) is 24.3 Å². The highest BCUT2D eigenvalue weighted by molar-refractivity contribution is 6.32. The second-order valence-corrected chi connectivity index (χ2v) is 4.95. The normalized spacial score (nSPS) is 19.3. The molecule has 0 aliphatic carbocycles. The SMILES string of the molecule is Clc1nc2ccccc2nc1NC[C@@H]1CCNC1. The molecule has 1 fully saturated rings. The fraction of sp³-hybridized carbons (Fsp3) is 0.385. The third kappa shape index (κ3) is 2.40. The Kier molecular flexibility index (Phi) is 3.30. The summed E-state index contributed by atoms with van der Waals surface area (Å²) >= 11 is 6.14. The zero-order valence-corrected chi connectivity index (χ0v) is 10.7. The molecule has 0 saturated carbocycles. The van der Waals surface area contributed by atoms with Gasteiger partial charge in [0.1, 0.15) is 0 Å². The maximum absolute atomic E-state index is 6.14. The molecule has 18 heavy (non-hydrogen) atoms. The van der Waals surface area contributed by atoms with Crippen LogP contribution in [0.1, 0.15) is 6.42 Å². The number of nitrogens with zero attached hydrogens (tertiary/aromatic N) is 2. The summed E-state index contributed by atoms with van der Waals surface area (Å²) in [4.78, 5) is 8.86. The summed E-state index contributed by atoms with van der Waals surface area (Å²) in [5.41, 5.74) is 1.70. The van der Waals surface area contributed by atoms with Gasteiger partial charge in [-0.05, 0) is 37.6 Å². The van der Waals surface area contributed by atoms with Crippen LogP contribution in [0.2, 0.25) is 5.15 Å². The molecule has 5 heteroatoms. The molecule has 3 rings (SSSR count). The minimum atomic E-state index is 0.444. The minimum absolute atomic E-state index is 0.444. The highest BCUT2D eigenvalue weighted by atomic mass is 35.5. The largest absolute Gasteiger partial charge is 0.367 e. The molecule has 1 aromatic heterocycles. The van der Waals surface area contributed by atoms with Crippen molar-refractivity contribution >= 4 is 28.5 Å². The van der Waals surface area contributed by atoms with Gasteiger partial charge in [-0.3, -0.25) is 0 Å². The van der Waals surface area contributed by atoms with Crippen LogP contribution in [0.3, 0.4) is 0 Å². The summed E-state index contributed by atoms with van der Waals surface area (Å²) in [7, 11) is 0. The van der Waals surface area contributed by atoms with Crippen LogP contribution in [-0.4, -0.2) is 29.6 Å². The van der Waals surface area contributed by atoms with Crippen LogP contribution in [0, 0.1) is 5.92 Å². The molecule has 0 bridgehead atoms. The van der Waals surface area contributed by atoms with Crippen molar-refractivity contribution in [2.24, 2.45) is 5.92 Å². The Balaban J connectivity index is 1.80. The molecule has 1 saturated heterocycles. The highest BCUT2D eigenvalue weighted by Crippen LogP contribution is 2.21. The number of nitrogens with one attached hydrogen (secondary N) is 2. The van der Waals surface area contributed by atoms with Crippen molar-refractivity contribution in [3.8, 4) is 0 Å². The molecule has 4 nitrogen and oxygen atoms in total. The van der Waals surface area contributed by atoms with E-state index in [4.69, 9.17) is 11.6 Å². The first kappa shape index (κ1) is 11.7. The standard InChI is InChI=1S/C13H15ClN4/c14-12-13(16-8-9-5-6-15-7-9)18-11-4-2-1-3-10(11)17-12/h1-4,9,15H,5-8H2,(H,16,18)/t9-/m1/s1. The first-order valence-electron chi connectivity index (χ1n) is 6.20. The summed E-state index contributed by atoms with van der Waals surface area (Å²) in [6.45, 7) is 3.05. The molecule has 2 aromatic rings. The molecule has 1 aliphatic rings. The number of para-hydroxylation sites is 2. The second-order valence-electron chi connectivity index (χ2n) is 4.59. The molecule has 0 radical (unpaired) electrons. The lowest BCUT2D eigenvalue weighted by Crippen LogP contribution is -2.18. The molecule has 0 spiro atoms. The first-order chi connectivity index (χ1) is 8.83. The van der Waals surface area contributed by atoms with Gasteiger partial charge in [0, 0.05) is 6.54 Å². The van der Waals surface area contributed by atoms with Gasteiger partial charge in [-0.25, -0.2) is 9.97 Å². The molecule has 0 amide bonds. The van der Waals surface area contributed by atoms with Gasteiger partial charge >= 0.3 is 0 Å². The molecule has 1 atom stereocenters. The molecule has 2 heterocycles. The predicted molar refractivity (Wildman–Crippen MR) is 74.0 cm³/mol. The van der Waals surface area contributed by atoms with Crippen molar-refractivity contribution in [3.63, 3.8) is 0 Å². The van der Waals surface area contributed by atoms with Gasteiger partial charge in [-0.1, -0.05) is 23.7 Å². The molecule has 0 unspecified atom stereocenters. The summed E-state index contributed by atoms with van der Waals surface area (Å²) in [6, 6.07) is 7.75. The van der Waals surface area contributed by atoms with Crippen LogP contribution in [-0.2, 0) is 0 Å². The van der Waals surface area contributed by atoms with E-state index < -0.39 is 0 Å². The lowest BCUT2D eigenvalue weighted by atomic mass is 10.1. The Bertz CT molecular complexity index is 552. The summed E-state index contributed by atoms with van der Waals surface area (Å²) in [5, 5.41) is 7.09. The van der Waals surface area contributed by atoms with E-state index in [0.29, 0.717) is 16.9 Å². The molecule has 2 N–H and O–H groups in total. The van der Waals surface area contributed by atoms with E-state index >= 15 is 0 Å². The van der Waals surface area contributed by atoms with E-state index in [1.54, 1.807) is 0 Å². The Morgan fingerprint density at radius 3 is 2.78 bits per heavy atom. The lowest BCUT2D eigenvalue weighted by Gasteiger charge is -2.11. The highest BCUT2D eigenvalue weighted by Gasteiger charge is 2.15. The van der Waals surface area contributed by atoms with Crippen LogP contribution in [0.5, 0.6) is 0 Å². The van der Waals surface area contributed by atoms with Crippen LogP contribution in [0.25, 0.3) is 11.0 Å². The number of hydrogen-bond donors (Lipinski definition) is 2. The summed E-state index contributed by atoms with van der Waals surface area (Å²) < 4.78 is 0. The number of aromatic nitrogens is 2. The number of anilines is 1. The van der Waals surface area contributed by atoms with E-state index in [0.717, 1.165) is 30.7 Å². The van der Waals surface area contributed by atoms with Gasteiger partial charge in [-0.2, -0.15) is 0 Å². The first-order valence-corrected chi connectivity index (χ1v) is 6.57. The van der Waals surface area contributed by atoms with E-state index in [2.05, 4.69) is 20.6 Å². The van der Waals surface area contributed by atoms with Crippen LogP contribution >= 0.6 is 11.6 Å². The van der Waals surface area contributed by atoms with Crippen molar-refractivity contribution in [2.45, 2.75) is 6.42 Å². The average molecular weight is 263 g/mol. The van der Waals surface area contributed by atoms with E-state index in [1.807, 2.05) is 24.3 Å². The van der Waals surface area contributed by atoms with Crippen molar-refractivity contribution < 1.29 is 0 Å². The van der Waals surface area contributed by atoms with Gasteiger partial charge in [0.15, 0.2) is 11.0 Å².